The van der Waals surface area contributed by atoms with Gasteiger partial charge in [-0.05, 0) is 62.4 Å². The number of nitrogens with one attached hydrogen (secondary N) is 1. The second-order valence-electron chi connectivity index (χ2n) is 7.88. The molecular weight excluding hydrogens is 339 g/mol. The first-order chi connectivity index (χ1) is 13.1. The Morgan fingerprint density at radius 2 is 1.85 bits per heavy atom. The fourth-order valence-electron chi connectivity index (χ4n) is 4.23. The van der Waals surface area contributed by atoms with Gasteiger partial charge in [-0.25, -0.2) is 4.39 Å². The Balaban J connectivity index is 1.40. The van der Waals surface area contributed by atoms with Crippen molar-refractivity contribution in [2.75, 3.05) is 19.6 Å². The van der Waals surface area contributed by atoms with E-state index in [2.05, 4.69) is 41.4 Å². The highest BCUT2D eigenvalue weighted by molar-refractivity contribution is 5.83. The molecule has 0 bridgehead atoms. The Hall–Kier alpha value is -2.20. The number of aryl methyl sites for hydroxylation is 1. The summed E-state index contributed by atoms with van der Waals surface area (Å²) in [5.41, 5.74) is 3.17. The van der Waals surface area contributed by atoms with Crippen LogP contribution in [0.3, 0.4) is 0 Å². The molecule has 4 rings (SSSR count). The summed E-state index contributed by atoms with van der Waals surface area (Å²) in [5, 5.41) is 3.15. The van der Waals surface area contributed by atoms with Crippen LogP contribution in [0, 0.1) is 18.7 Å². The molecule has 1 heterocycles. The molecule has 2 aromatic rings. The minimum absolute atomic E-state index is 0.0239. The van der Waals surface area contributed by atoms with Gasteiger partial charge in [0.05, 0.1) is 6.04 Å². The highest BCUT2D eigenvalue weighted by Crippen LogP contribution is 2.48. The molecule has 3 nitrogen and oxygen atoms in total. The number of hydrogen-bond donors (Lipinski definition) is 1. The third kappa shape index (κ3) is 4.06. The van der Waals surface area contributed by atoms with Gasteiger partial charge in [0.1, 0.15) is 5.82 Å². The zero-order chi connectivity index (χ0) is 18.8. The van der Waals surface area contributed by atoms with Crippen LogP contribution in [0.4, 0.5) is 4.39 Å². The highest BCUT2D eigenvalue weighted by atomic mass is 19.1. The van der Waals surface area contributed by atoms with E-state index in [1.165, 1.54) is 30.0 Å². The summed E-state index contributed by atoms with van der Waals surface area (Å²) in [7, 11) is 0. The summed E-state index contributed by atoms with van der Waals surface area (Å²) in [4.78, 5) is 15.1. The maximum atomic E-state index is 14.0. The SMILES string of the molecule is Cc1ccc(C(CNC(=O)C2CC2c2ccccc2F)N2CCCC2)cc1. The van der Waals surface area contributed by atoms with E-state index in [0.717, 1.165) is 19.5 Å². The number of halogens is 1. The topological polar surface area (TPSA) is 32.3 Å². The summed E-state index contributed by atoms with van der Waals surface area (Å²) in [6.07, 6.45) is 3.17. The lowest BCUT2D eigenvalue weighted by atomic mass is 10.0. The Morgan fingerprint density at radius 1 is 1.15 bits per heavy atom. The first-order valence-corrected chi connectivity index (χ1v) is 9.96. The van der Waals surface area contributed by atoms with Crippen molar-refractivity contribution in [3.8, 4) is 0 Å². The summed E-state index contributed by atoms with van der Waals surface area (Å²) >= 11 is 0. The standard InChI is InChI=1S/C23H27FN2O/c1-16-8-10-17(11-9-16)22(26-12-4-5-13-26)15-25-23(27)20-14-19(20)18-6-2-3-7-21(18)24/h2-3,6-11,19-20,22H,4-5,12-15H2,1H3,(H,25,27). The minimum Gasteiger partial charge on any atom is -0.354 e. The monoisotopic (exact) mass is 366 g/mol. The molecule has 27 heavy (non-hydrogen) atoms. The van der Waals surface area contributed by atoms with Gasteiger partial charge < -0.3 is 5.32 Å². The Morgan fingerprint density at radius 3 is 2.56 bits per heavy atom. The Labute approximate surface area is 160 Å². The van der Waals surface area contributed by atoms with Crippen molar-refractivity contribution in [1.29, 1.82) is 0 Å². The van der Waals surface area contributed by atoms with Crippen LogP contribution < -0.4 is 5.32 Å². The number of amides is 1. The van der Waals surface area contributed by atoms with Crippen molar-refractivity contribution in [3.05, 3.63) is 71.0 Å². The molecule has 1 saturated carbocycles. The van der Waals surface area contributed by atoms with E-state index in [9.17, 15) is 9.18 Å². The number of nitrogens with zero attached hydrogens (tertiary/aromatic N) is 1. The number of benzene rings is 2. The molecule has 0 aromatic heterocycles. The average molecular weight is 366 g/mol. The van der Waals surface area contributed by atoms with Crippen molar-refractivity contribution >= 4 is 5.91 Å². The van der Waals surface area contributed by atoms with Crippen LogP contribution in [0.2, 0.25) is 0 Å². The van der Waals surface area contributed by atoms with Crippen LogP contribution in [-0.4, -0.2) is 30.4 Å². The maximum absolute atomic E-state index is 14.0. The summed E-state index contributed by atoms with van der Waals surface area (Å²) in [6, 6.07) is 15.6. The van der Waals surface area contributed by atoms with E-state index in [-0.39, 0.29) is 29.6 Å². The number of carbonyl (C=O) groups is 1. The molecule has 4 heteroatoms. The molecule has 1 aliphatic carbocycles. The molecule has 1 saturated heterocycles. The lowest BCUT2D eigenvalue weighted by molar-refractivity contribution is -0.122. The van der Waals surface area contributed by atoms with Gasteiger partial charge in [0.2, 0.25) is 5.91 Å². The van der Waals surface area contributed by atoms with Crippen molar-refractivity contribution in [3.63, 3.8) is 0 Å². The van der Waals surface area contributed by atoms with Crippen LogP contribution in [0.1, 0.15) is 47.9 Å². The van der Waals surface area contributed by atoms with Crippen molar-refractivity contribution < 1.29 is 9.18 Å². The fourth-order valence-corrected chi connectivity index (χ4v) is 4.23. The molecule has 1 aliphatic heterocycles. The van der Waals surface area contributed by atoms with Gasteiger partial charge >= 0.3 is 0 Å². The van der Waals surface area contributed by atoms with Crippen LogP contribution >= 0.6 is 0 Å². The predicted molar refractivity (Wildman–Crippen MR) is 105 cm³/mol. The molecule has 2 aromatic carbocycles. The zero-order valence-electron chi connectivity index (χ0n) is 15.8. The van der Waals surface area contributed by atoms with E-state index < -0.39 is 0 Å². The van der Waals surface area contributed by atoms with Crippen molar-refractivity contribution in [2.45, 2.75) is 38.1 Å². The van der Waals surface area contributed by atoms with Crippen LogP contribution in [0.25, 0.3) is 0 Å². The van der Waals surface area contributed by atoms with E-state index in [1.54, 1.807) is 12.1 Å². The molecule has 2 aliphatic rings. The first-order valence-electron chi connectivity index (χ1n) is 9.96. The molecule has 0 radical (unpaired) electrons. The van der Waals surface area contributed by atoms with Crippen LogP contribution in [0.5, 0.6) is 0 Å². The molecule has 142 valence electrons. The Bertz CT molecular complexity index is 798. The minimum atomic E-state index is -0.201. The van der Waals surface area contributed by atoms with Gasteiger partial charge in [-0.15, -0.1) is 0 Å². The van der Waals surface area contributed by atoms with Gasteiger partial charge in [0.15, 0.2) is 0 Å². The third-order valence-corrected chi connectivity index (χ3v) is 5.95. The number of likely N-dealkylation sites (tertiary alicyclic amines) is 1. The van der Waals surface area contributed by atoms with Crippen molar-refractivity contribution in [2.24, 2.45) is 5.92 Å². The third-order valence-electron chi connectivity index (χ3n) is 5.95. The first kappa shape index (κ1) is 18.2. The predicted octanol–water partition coefficient (Wildman–Crippen LogP) is 4.19. The second-order valence-corrected chi connectivity index (χ2v) is 7.88. The number of carbonyl (C=O) groups excluding carboxylic acids is 1. The maximum Gasteiger partial charge on any atom is 0.223 e. The molecule has 0 spiro atoms. The molecule has 3 unspecified atom stereocenters. The van der Waals surface area contributed by atoms with E-state index in [4.69, 9.17) is 0 Å². The van der Waals surface area contributed by atoms with Crippen molar-refractivity contribution in [1.82, 2.24) is 10.2 Å². The van der Waals surface area contributed by atoms with E-state index in [1.807, 2.05) is 6.07 Å². The molecule has 1 N–H and O–H groups in total. The highest BCUT2D eigenvalue weighted by Gasteiger charge is 2.45. The molecule has 2 fully saturated rings. The Kier molecular flexibility index (Phi) is 5.26. The molecule has 1 amide bonds. The second kappa shape index (κ2) is 7.81. The lowest BCUT2D eigenvalue weighted by Gasteiger charge is -2.28. The van der Waals surface area contributed by atoms with Crippen LogP contribution in [-0.2, 0) is 4.79 Å². The summed E-state index contributed by atoms with van der Waals surface area (Å²) in [6.45, 7) is 4.86. The number of rotatable bonds is 6. The van der Waals surface area contributed by atoms with Gasteiger partial charge in [0, 0.05) is 12.5 Å². The van der Waals surface area contributed by atoms with Gasteiger partial charge in [0.25, 0.3) is 0 Å². The number of hydrogen-bond acceptors (Lipinski definition) is 2. The molecular formula is C23H27FN2O. The van der Waals surface area contributed by atoms with E-state index in [0.29, 0.717) is 12.1 Å². The van der Waals surface area contributed by atoms with Gasteiger partial charge in [-0.1, -0.05) is 48.0 Å². The molecule has 3 atom stereocenters. The normalized spacial score (nSPS) is 23.2. The summed E-state index contributed by atoms with van der Waals surface area (Å²) in [5.74, 6) is -0.220. The fraction of sp³-hybridized carbons (Fsp3) is 0.435. The van der Waals surface area contributed by atoms with E-state index >= 15 is 0 Å². The van der Waals surface area contributed by atoms with Gasteiger partial charge in [-0.3, -0.25) is 9.69 Å². The van der Waals surface area contributed by atoms with Crippen LogP contribution in [0.15, 0.2) is 48.5 Å². The average Bonchev–Trinajstić information content (AvgIpc) is 3.29. The summed E-state index contributed by atoms with van der Waals surface area (Å²) < 4.78 is 14.0. The largest absolute Gasteiger partial charge is 0.354 e. The quantitative estimate of drug-likeness (QED) is 0.831. The lowest BCUT2D eigenvalue weighted by Crippen LogP contribution is -2.37. The smallest absolute Gasteiger partial charge is 0.223 e. The zero-order valence-corrected chi connectivity index (χ0v) is 15.8. The van der Waals surface area contributed by atoms with Gasteiger partial charge in [-0.2, -0.15) is 0 Å².